The Morgan fingerprint density at radius 1 is 0.943 bits per heavy atom. The number of carbonyl (C=O) groups excluding carboxylic acids is 1. The van der Waals surface area contributed by atoms with Gasteiger partial charge in [0.2, 0.25) is 5.91 Å². The van der Waals surface area contributed by atoms with Gasteiger partial charge in [0.25, 0.3) is 0 Å². The van der Waals surface area contributed by atoms with Gasteiger partial charge in [-0.2, -0.15) is 0 Å². The molecule has 0 radical (unpaired) electrons. The molecule has 0 aliphatic carbocycles. The zero-order chi connectivity index (χ0) is 24.9. The third-order valence-corrected chi connectivity index (χ3v) is 5.85. The van der Waals surface area contributed by atoms with Crippen molar-refractivity contribution < 1.29 is 18.7 Å². The van der Waals surface area contributed by atoms with Crippen molar-refractivity contribution in [2.24, 2.45) is 0 Å². The van der Waals surface area contributed by atoms with E-state index in [1.165, 1.54) is 11.1 Å². The van der Waals surface area contributed by atoms with Crippen molar-refractivity contribution >= 4 is 28.1 Å². The van der Waals surface area contributed by atoms with Crippen LogP contribution in [0.5, 0.6) is 11.5 Å². The topological polar surface area (TPSA) is 60.7 Å². The van der Waals surface area contributed by atoms with Crippen molar-refractivity contribution in [1.82, 2.24) is 0 Å². The maximum Gasteiger partial charge on any atom is 0.248 e. The fraction of sp³-hybridized carbons (Fsp3) is 0.233. The average Bonchev–Trinajstić information content (AvgIpc) is 3.22. The fourth-order valence-electron chi connectivity index (χ4n) is 4.22. The fourth-order valence-corrected chi connectivity index (χ4v) is 4.22. The molecular formula is C30H31NO4. The lowest BCUT2D eigenvalue weighted by molar-refractivity contribution is -0.111. The Morgan fingerprint density at radius 2 is 1.69 bits per heavy atom. The van der Waals surface area contributed by atoms with Crippen LogP contribution in [-0.2, 0) is 4.79 Å². The van der Waals surface area contributed by atoms with Crippen LogP contribution in [0.4, 0.5) is 5.69 Å². The van der Waals surface area contributed by atoms with Gasteiger partial charge in [0.05, 0.1) is 19.5 Å². The molecule has 0 unspecified atom stereocenters. The van der Waals surface area contributed by atoms with Gasteiger partial charge in [-0.3, -0.25) is 4.79 Å². The molecule has 4 aromatic rings. The number of furan rings is 1. The Labute approximate surface area is 206 Å². The number of aryl methyl sites for hydroxylation is 2. The highest BCUT2D eigenvalue weighted by molar-refractivity contribution is 6.05. The van der Waals surface area contributed by atoms with Gasteiger partial charge in [-0.1, -0.05) is 23.8 Å². The first-order chi connectivity index (χ1) is 16.9. The first-order valence-corrected chi connectivity index (χ1v) is 11.9. The zero-order valence-corrected chi connectivity index (χ0v) is 20.9. The molecule has 0 saturated carbocycles. The van der Waals surface area contributed by atoms with Crippen LogP contribution in [0.2, 0.25) is 0 Å². The van der Waals surface area contributed by atoms with Crippen LogP contribution in [0, 0.1) is 13.8 Å². The number of amides is 1. The second kappa shape index (κ2) is 10.5. The number of benzene rings is 3. The summed E-state index contributed by atoms with van der Waals surface area (Å²) in [6, 6.07) is 17.7. The van der Waals surface area contributed by atoms with Crippen LogP contribution in [0.3, 0.4) is 0 Å². The summed E-state index contributed by atoms with van der Waals surface area (Å²) >= 11 is 0. The summed E-state index contributed by atoms with van der Waals surface area (Å²) in [5, 5.41) is 3.90. The Balaban J connectivity index is 1.68. The summed E-state index contributed by atoms with van der Waals surface area (Å²) in [4.78, 5) is 12.8. The minimum atomic E-state index is -0.212. The number of ether oxygens (including phenoxy) is 2. The molecule has 4 rings (SSSR count). The lowest BCUT2D eigenvalue weighted by Crippen LogP contribution is -2.08. The number of carbonyl (C=O) groups is 1. The molecular weight excluding hydrogens is 438 g/mol. The summed E-state index contributed by atoms with van der Waals surface area (Å²) in [6.45, 7) is 11.1. The highest BCUT2D eigenvalue weighted by Gasteiger charge is 2.16. The second-order valence-corrected chi connectivity index (χ2v) is 8.52. The van der Waals surface area contributed by atoms with E-state index in [0.29, 0.717) is 24.7 Å². The number of nitrogens with one attached hydrogen (secondary N) is 1. The molecule has 1 aromatic heterocycles. The Morgan fingerprint density at radius 3 is 2.37 bits per heavy atom. The molecule has 0 atom stereocenters. The lowest BCUT2D eigenvalue weighted by atomic mass is 9.96. The van der Waals surface area contributed by atoms with Crippen LogP contribution < -0.4 is 14.8 Å². The Kier molecular flexibility index (Phi) is 7.25. The molecule has 0 aliphatic rings. The van der Waals surface area contributed by atoms with Crippen LogP contribution in [0.15, 0.2) is 71.4 Å². The SMILES string of the molecule is CCOc1ccc(NC(=O)/C=C(\C)c2cc3c(-c4ccc(C)cc4C)coc3cc2OCC)cc1. The van der Waals surface area contributed by atoms with Gasteiger partial charge in [0.1, 0.15) is 17.1 Å². The number of hydrogen-bond donors (Lipinski definition) is 1. The Hall–Kier alpha value is -3.99. The third-order valence-electron chi connectivity index (χ3n) is 5.85. The molecule has 0 aliphatic heterocycles. The highest BCUT2D eigenvalue weighted by atomic mass is 16.5. The number of fused-ring (bicyclic) bond motifs is 1. The lowest BCUT2D eigenvalue weighted by Gasteiger charge is -2.12. The number of anilines is 1. The molecule has 3 aromatic carbocycles. The number of hydrogen-bond acceptors (Lipinski definition) is 4. The van der Waals surface area contributed by atoms with Gasteiger partial charge < -0.3 is 19.2 Å². The number of rotatable bonds is 8. The molecule has 1 amide bonds. The van der Waals surface area contributed by atoms with Gasteiger partial charge >= 0.3 is 0 Å². The molecule has 5 nitrogen and oxygen atoms in total. The van der Waals surface area contributed by atoms with Crippen molar-refractivity contribution in [3.63, 3.8) is 0 Å². The Bertz CT molecular complexity index is 1380. The molecule has 1 N–H and O–H groups in total. The van der Waals surface area contributed by atoms with E-state index in [2.05, 4.69) is 43.4 Å². The molecule has 0 saturated heterocycles. The van der Waals surface area contributed by atoms with E-state index in [4.69, 9.17) is 13.9 Å². The quantitative estimate of drug-likeness (QED) is 0.271. The van der Waals surface area contributed by atoms with E-state index >= 15 is 0 Å². The van der Waals surface area contributed by atoms with E-state index in [9.17, 15) is 4.79 Å². The highest BCUT2D eigenvalue weighted by Crippen LogP contribution is 2.38. The van der Waals surface area contributed by atoms with Crippen LogP contribution in [0.25, 0.3) is 27.7 Å². The van der Waals surface area contributed by atoms with Crippen LogP contribution >= 0.6 is 0 Å². The van der Waals surface area contributed by atoms with E-state index in [1.807, 2.05) is 51.1 Å². The van der Waals surface area contributed by atoms with Gasteiger partial charge in [-0.05, 0) is 81.7 Å². The molecule has 35 heavy (non-hydrogen) atoms. The average molecular weight is 470 g/mol. The third kappa shape index (κ3) is 5.40. The predicted molar refractivity (Wildman–Crippen MR) is 142 cm³/mol. The molecule has 0 fully saturated rings. The van der Waals surface area contributed by atoms with Gasteiger partial charge in [0, 0.05) is 34.3 Å². The van der Waals surface area contributed by atoms with Crippen molar-refractivity contribution in [1.29, 1.82) is 0 Å². The van der Waals surface area contributed by atoms with Crippen molar-refractivity contribution in [2.75, 3.05) is 18.5 Å². The standard InChI is InChI=1S/C30H31NO4/c1-6-33-23-11-9-22(10-12-23)31-30(32)15-21(5)25-16-26-27(24-13-8-19(3)14-20(24)4)18-35-29(26)17-28(25)34-7-2/h8-18H,6-7H2,1-5H3,(H,31,32)/b21-15+. The molecule has 0 bridgehead atoms. The second-order valence-electron chi connectivity index (χ2n) is 8.52. The van der Waals surface area contributed by atoms with Crippen molar-refractivity contribution in [3.8, 4) is 22.6 Å². The first kappa shape index (κ1) is 24.1. The molecule has 1 heterocycles. The zero-order valence-electron chi connectivity index (χ0n) is 20.9. The van der Waals surface area contributed by atoms with Crippen LogP contribution in [-0.4, -0.2) is 19.1 Å². The maximum absolute atomic E-state index is 12.8. The molecule has 5 heteroatoms. The summed E-state index contributed by atoms with van der Waals surface area (Å²) in [6.07, 6.45) is 3.39. The molecule has 0 spiro atoms. The van der Waals surface area contributed by atoms with E-state index < -0.39 is 0 Å². The summed E-state index contributed by atoms with van der Waals surface area (Å²) in [5.41, 5.74) is 7.66. The van der Waals surface area contributed by atoms with Crippen molar-refractivity contribution in [3.05, 3.63) is 83.6 Å². The van der Waals surface area contributed by atoms with Gasteiger partial charge in [0.15, 0.2) is 0 Å². The van der Waals surface area contributed by atoms with Crippen molar-refractivity contribution in [2.45, 2.75) is 34.6 Å². The summed E-state index contributed by atoms with van der Waals surface area (Å²) < 4.78 is 17.3. The van der Waals surface area contributed by atoms with E-state index in [1.54, 1.807) is 12.3 Å². The van der Waals surface area contributed by atoms with Crippen LogP contribution in [0.1, 0.15) is 37.5 Å². The largest absolute Gasteiger partial charge is 0.494 e. The summed E-state index contributed by atoms with van der Waals surface area (Å²) in [7, 11) is 0. The maximum atomic E-state index is 12.8. The number of allylic oxidation sites excluding steroid dienone is 1. The predicted octanol–water partition coefficient (Wildman–Crippen LogP) is 7.56. The van der Waals surface area contributed by atoms with Gasteiger partial charge in [-0.25, -0.2) is 0 Å². The molecule has 180 valence electrons. The van der Waals surface area contributed by atoms with E-state index in [-0.39, 0.29) is 5.91 Å². The van der Waals surface area contributed by atoms with Gasteiger partial charge in [-0.15, -0.1) is 0 Å². The minimum Gasteiger partial charge on any atom is -0.494 e. The normalized spacial score (nSPS) is 11.5. The first-order valence-electron chi connectivity index (χ1n) is 11.9. The summed E-state index contributed by atoms with van der Waals surface area (Å²) in [5.74, 6) is 1.24. The van der Waals surface area contributed by atoms with E-state index in [0.717, 1.165) is 39.0 Å². The smallest absolute Gasteiger partial charge is 0.248 e. The monoisotopic (exact) mass is 469 g/mol. The minimum absolute atomic E-state index is 0.212.